The standard InChI is InChI=1S/C65H117NO18/c1-3-5-7-9-11-13-15-17-19-21-23-24-25-27-29-31-33-35-37-39-41-43-53(71)66-48(49(70)42-40-38-36-34-32-30-28-26-22-20-18-16-14-12-10-8-6-4-2)47-79-63-59(77)56(74)61(51(45-68)81-63)84-65-60(78)57(75)62(52(46-69)82-65)83-64-58(76)55(73)54(72)50(44-67)80-64/h15,17,21,23,32,34,40,42,48-52,54-65,67-70,72-78H,3-14,16,18-20,22,24-31,33,35-39,41,43-47H2,1-2H3,(H,66,71)/b17-15-,23-21-,34-32+,42-40+. The van der Waals surface area contributed by atoms with Crippen LogP contribution in [-0.2, 0) is 33.2 Å². The number of nitrogens with one attached hydrogen (secondary N) is 1. The summed E-state index contributed by atoms with van der Waals surface area (Å²) in [4.78, 5) is 13.4. The van der Waals surface area contributed by atoms with Crippen molar-refractivity contribution in [2.45, 2.75) is 330 Å². The van der Waals surface area contributed by atoms with Gasteiger partial charge in [-0.05, 0) is 64.2 Å². The third-order valence-corrected chi connectivity index (χ3v) is 16.3. The van der Waals surface area contributed by atoms with Crippen LogP contribution in [0.25, 0.3) is 0 Å². The van der Waals surface area contributed by atoms with Gasteiger partial charge in [-0.3, -0.25) is 4.79 Å². The first-order valence-corrected chi connectivity index (χ1v) is 32.9. The van der Waals surface area contributed by atoms with Gasteiger partial charge in [0.15, 0.2) is 18.9 Å². The second-order valence-electron chi connectivity index (χ2n) is 23.6. The fourth-order valence-electron chi connectivity index (χ4n) is 10.9. The highest BCUT2D eigenvalue weighted by Gasteiger charge is 2.53. The average Bonchev–Trinajstić information content (AvgIpc) is 2.76. The van der Waals surface area contributed by atoms with Crippen LogP contribution in [-0.4, -0.2) is 193 Å². The van der Waals surface area contributed by atoms with Gasteiger partial charge in [0, 0.05) is 6.42 Å². The van der Waals surface area contributed by atoms with Gasteiger partial charge in [-0.25, -0.2) is 0 Å². The molecule has 3 fully saturated rings. The lowest BCUT2D eigenvalue weighted by Crippen LogP contribution is -2.66. The summed E-state index contributed by atoms with van der Waals surface area (Å²) in [5, 5.41) is 120. The van der Waals surface area contributed by atoms with Gasteiger partial charge in [-0.15, -0.1) is 0 Å². The van der Waals surface area contributed by atoms with Crippen molar-refractivity contribution in [1.29, 1.82) is 0 Å². The van der Waals surface area contributed by atoms with Gasteiger partial charge >= 0.3 is 0 Å². The maximum Gasteiger partial charge on any atom is 0.220 e. The third kappa shape index (κ3) is 30.3. The molecule has 3 rings (SSSR count). The fraction of sp³-hybridized carbons (Fsp3) is 0.862. The van der Waals surface area contributed by atoms with Crippen LogP contribution in [0.3, 0.4) is 0 Å². The molecule has 17 unspecified atom stereocenters. The molecular formula is C65H117NO18. The molecule has 3 aliphatic rings. The molecule has 0 radical (unpaired) electrons. The molecule has 84 heavy (non-hydrogen) atoms. The van der Waals surface area contributed by atoms with Crippen LogP contribution < -0.4 is 5.32 Å². The molecule has 0 bridgehead atoms. The van der Waals surface area contributed by atoms with Crippen LogP contribution in [0.15, 0.2) is 48.6 Å². The summed E-state index contributed by atoms with van der Waals surface area (Å²) in [5.41, 5.74) is 0. The molecule has 1 amide bonds. The van der Waals surface area contributed by atoms with Crippen LogP contribution in [0.1, 0.15) is 226 Å². The topological polar surface area (TPSA) is 307 Å². The molecule has 490 valence electrons. The Balaban J connectivity index is 1.48. The Bertz CT molecular complexity index is 1720. The lowest BCUT2D eigenvalue weighted by atomic mass is 9.96. The van der Waals surface area contributed by atoms with Crippen molar-refractivity contribution in [3.05, 3.63) is 48.6 Å². The Morgan fingerprint density at radius 1 is 0.429 bits per heavy atom. The normalized spacial score (nSPS) is 29.5. The van der Waals surface area contributed by atoms with E-state index in [0.29, 0.717) is 12.8 Å². The number of ether oxygens (including phenoxy) is 6. The Hall–Kier alpha value is -2.25. The molecule has 0 aliphatic carbocycles. The van der Waals surface area contributed by atoms with Crippen LogP contribution in [0.5, 0.6) is 0 Å². The Kier molecular flexibility index (Phi) is 43.2. The van der Waals surface area contributed by atoms with E-state index in [-0.39, 0.29) is 18.9 Å². The number of carbonyl (C=O) groups excluding carboxylic acids is 1. The number of aliphatic hydroxyl groups excluding tert-OH is 11. The predicted octanol–water partition coefficient (Wildman–Crippen LogP) is 7.43. The van der Waals surface area contributed by atoms with E-state index < -0.39 is 124 Å². The monoisotopic (exact) mass is 1200 g/mol. The zero-order valence-electron chi connectivity index (χ0n) is 51.4. The quantitative estimate of drug-likeness (QED) is 0.0208. The summed E-state index contributed by atoms with van der Waals surface area (Å²) >= 11 is 0. The highest BCUT2D eigenvalue weighted by molar-refractivity contribution is 5.76. The minimum Gasteiger partial charge on any atom is -0.394 e. The van der Waals surface area contributed by atoms with E-state index in [9.17, 15) is 61.0 Å². The molecule has 3 saturated heterocycles. The molecule has 3 heterocycles. The molecular weight excluding hydrogens is 1080 g/mol. The number of amides is 1. The summed E-state index contributed by atoms with van der Waals surface area (Å²) in [5.74, 6) is -0.290. The smallest absolute Gasteiger partial charge is 0.220 e. The zero-order valence-corrected chi connectivity index (χ0v) is 51.4. The van der Waals surface area contributed by atoms with E-state index in [1.165, 1.54) is 135 Å². The molecule has 0 aromatic heterocycles. The van der Waals surface area contributed by atoms with Gasteiger partial charge in [-0.1, -0.05) is 204 Å². The number of hydrogen-bond donors (Lipinski definition) is 12. The Morgan fingerprint density at radius 2 is 0.798 bits per heavy atom. The Labute approximate surface area is 503 Å². The maximum absolute atomic E-state index is 13.4. The van der Waals surface area contributed by atoms with Crippen molar-refractivity contribution in [1.82, 2.24) is 5.32 Å². The van der Waals surface area contributed by atoms with Crippen molar-refractivity contribution in [3.63, 3.8) is 0 Å². The first-order chi connectivity index (χ1) is 40.8. The van der Waals surface area contributed by atoms with Crippen molar-refractivity contribution < 1.29 is 89.4 Å². The van der Waals surface area contributed by atoms with Crippen LogP contribution in [0, 0.1) is 0 Å². The largest absolute Gasteiger partial charge is 0.394 e. The van der Waals surface area contributed by atoms with Gasteiger partial charge in [0.25, 0.3) is 0 Å². The van der Waals surface area contributed by atoms with Gasteiger partial charge in [0.05, 0.1) is 38.6 Å². The van der Waals surface area contributed by atoms with E-state index in [4.69, 9.17) is 28.4 Å². The first-order valence-electron chi connectivity index (χ1n) is 32.9. The molecule has 19 nitrogen and oxygen atoms in total. The molecule has 12 N–H and O–H groups in total. The van der Waals surface area contributed by atoms with Crippen LogP contribution >= 0.6 is 0 Å². The molecule has 0 aromatic rings. The zero-order chi connectivity index (χ0) is 61.2. The lowest BCUT2D eigenvalue weighted by molar-refractivity contribution is -0.379. The summed E-state index contributed by atoms with van der Waals surface area (Å²) in [6.07, 6.45) is 28.0. The van der Waals surface area contributed by atoms with Gasteiger partial charge in [0.2, 0.25) is 5.91 Å². The number of hydrogen-bond acceptors (Lipinski definition) is 18. The molecule has 0 saturated carbocycles. The number of unbranched alkanes of at least 4 members (excludes halogenated alkanes) is 27. The number of allylic oxidation sites excluding steroid dienone is 7. The van der Waals surface area contributed by atoms with Gasteiger partial charge < -0.3 is 89.9 Å². The Morgan fingerprint density at radius 3 is 1.26 bits per heavy atom. The number of carbonyl (C=O) groups is 1. The van der Waals surface area contributed by atoms with Crippen molar-refractivity contribution in [2.75, 3.05) is 26.4 Å². The predicted molar refractivity (Wildman–Crippen MR) is 323 cm³/mol. The summed E-state index contributed by atoms with van der Waals surface area (Å²) < 4.78 is 34.3. The second-order valence-corrected chi connectivity index (χ2v) is 23.6. The fourth-order valence-corrected chi connectivity index (χ4v) is 10.9. The second kappa shape index (κ2) is 47.7. The molecule has 19 heteroatoms. The average molecular weight is 1200 g/mol. The maximum atomic E-state index is 13.4. The first kappa shape index (κ1) is 76.0. The van der Waals surface area contributed by atoms with Crippen LogP contribution in [0.2, 0.25) is 0 Å². The molecule has 17 atom stereocenters. The van der Waals surface area contributed by atoms with Crippen molar-refractivity contribution >= 4 is 5.91 Å². The van der Waals surface area contributed by atoms with Crippen molar-refractivity contribution in [2.24, 2.45) is 0 Å². The summed E-state index contributed by atoms with van der Waals surface area (Å²) in [6.45, 7) is 1.70. The lowest BCUT2D eigenvalue weighted by Gasteiger charge is -2.48. The molecule has 0 spiro atoms. The SMILES string of the molecule is CCCCCCC/C=C\C/C=C\CCCCCCCCCCCC(=O)NC(COC1OC(CO)C(OC2OC(CO)C(OC3OC(CO)C(O)C(O)C3O)C(O)C2O)C(O)C1O)C(O)/C=C/CC/C=C/CCCCCCCCCCCCCC. The number of aliphatic hydroxyl groups is 11. The van der Waals surface area contributed by atoms with E-state index in [0.717, 1.165) is 57.8 Å². The highest BCUT2D eigenvalue weighted by atomic mass is 16.8. The summed E-state index contributed by atoms with van der Waals surface area (Å²) in [6, 6.07) is -0.993. The third-order valence-electron chi connectivity index (χ3n) is 16.3. The minimum absolute atomic E-state index is 0.230. The summed E-state index contributed by atoms with van der Waals surface area (Å²) in [7, 11) is 0. The van der Waals surface area contributed by atoms with E-state index in [2.05, 4.69) is 55.6 Å². The highest BCUT2D eigenvalue weighted by Crippen LogP contribution is 2.33. The van der Waals surface area contributed by atoms with Crippen molar-refractivity contribution in [3.8, 4) is 0 Å². The van der Waals surface area contributed by atoms with E-state index in [1.54, 1.807) is 6.08 Å². The van der Waals surface area contributed by atoms with E-state index >= 15 is 0 Å². The van der Waals surface area contributed by atoms with Gasteiger partial charge in [0.1, 0.15) is 73.2 Å². The number of rotatable bonds is 49. The minimum atomic E-state index is -1.98. The van der Waals surface area contributed by atoms with Gasteiger partial charge in [-0.2, -0.15) is 0 Å². The molecule has 3 aliphatic heterocycles. The molecule has 0 aromatic carbocycles. The van der Waals surface area contributed by atoms with E-state index in [1.807, 2.05) is 6.08 Å². The van der Waals surface area contributed by atoms with Crippen LogP contribution in [0.4, 0.5) is 0 Å².